The zero-order valence-electron chi connectivity index (χ0n) is 12.1. The molecule has 0 aliphatic carbocycles. The first-order valence-electron chi connectivity index (χ1n) is 6.77. The number of nitro groups is 1. The number of hydrogen-bond donors (Lipinski definition) is 1. The third kappa shape index (κ3) is 3.31. The van der Waals surface area contributed by atoms with Gasteiger partial charge in [-0.05, 0) is 42.0 Å². The topological polar surface area (TPSA) is 89.1 Å². The number of aromatic amines is 1. The molecule has 0 saturated carbocycles. The van der Waals surface area contributed by atoms with Gasteiger partial charge in [0.15, 0.2) is 5.82 Å². The second kappa shape index (κ2) is 6.85. The van der Waals surface area contributed by atoms with E-state index in [0.29, 0.717) is 16.2 Å². The molecule has 1 N–H and O–H groups in total. The molecule has 0 unspecified atom stereocenters. The van der Waals surface area contributed by atoms with Crippen molar-refractivity contribution in [2.24, 2.45) is 5.10 Å². The van der Waals surface area contributed by atoms with Crippen LogP contribution >= 0.6 is 28.1 Å². The van der Waals surface area contributed by atoms with E-state index in [1.807, 2.05) is 24.3 Å². The maximum Gasteiger partial charge on any atom is 0.269 e. The smallest absolute Gasteiger partial charge is 0.258 e. The quantitative estimate of drug-likeness (QED) is 0.306. The van der Waals surface area contributed by atoms with Crippen LogP contribution in [0.1, 0.15) is 5.56 Å². The van der Waals surface area contributed by atoms with Gasteiger partial charge in [0.05, 0.1) is 11.1 Å². The van der Waals surface area contributed by atoms with E-state index >= 15 is 0 Å². The molecule has 0 atom stereocenters. The highest BCUT2D eigenvalue weighted by Gasteiger charge is 2.11. The molecule has 24 heavy (non-hydrogen) atoms. The lowest BCUT2D eigenvalue weighted by Gasteiger charge is -2.03. The summed E-state index contributed by atoms with van der Waals surface area (Å²) in [5, 5.41) is 21.9. The monoisotopic (exact) mass is 403 g/mol. The van der Waals surface area contributed by atoms with Crippen LogP contribution in [0.25, 0.3) is 11.4 Å². The number of non-ortho nitro benzene ring substituents is 1. The number of hydrogen-bond acceptors (Lipinski definition) is 5. The number of benzene rings is 2. The zero-order chi connectivity index (χ0) is 17.1. The first-order chi connectivity index (χ1) is 11.6. The van der Waals surface area contributed by atoms with Gasteiger partial charge in [0, 0.05) is 22.2 Å². The zero-order valence-corrected chi connectivity index (χ0v) is 14.5. The SMILES string of the molecule is O=[N+]([O-])c1ccc(/C=N/n2c(-c3ccccc3Br)n[nH]c2=S)cc1. The van der Waals surface area contributed by atoms with E-state index in [4.69, 9.17) is 12.2 Å². The Morgan fingerprint density at radius 2 is 1.96 bits per heavy atom. The standard InChI is InChI=1S/C15H10BrN5O2S/c16-13-4-2-1-3-12(13)14-18-19-15(24)20(14)17-9-10-5-7-11(8-6-10)21(22)23/h1-9H,(H,19,24)/b17-9+. The Balaban J connectivity index is 1.96. The number of aromatic nitrogens is 3. The van der Waals surface area contributed by atoms with Gasteiger partial charge in [-0.15, -0.1) is 0 Å². The van der Waals surface area contributed by atoms with Crippen molar-refractivity contribution in [2.75, 3.05) is 0 Å². The Labute approximate surface area is 149 Å². The summed E-state index contributed by atoms with van der Waals surface area (Å²) < 4.78 is 2.71. The normalized spacial score (nSPS) is 11.0. The molecular formula is C15H10BrN5O2S. The molecule has 1 heterocycles. The highest BCUT2D eigenvalue weighted by molar-refractivity contribution is 9.10. The predicted octanol–water partition coefficient (Wildman–Crippen LogP) is 4.16. The van der Waals surface area contributed by atoms with Crippen molar-refractivity contribution >= 4 is 40.0 Å². The first-order valence-corrected chi connectivity index (χ1v) is 7.97. The summed E-state index contributed by atoms with van der Waals surface area (Å²) in [5.41, 5.74) is 1.58. The molecule has 0 saturated heterocycles. The molecule has 3 rings (SSSR count). The van der Waals surface area contributed by atoms with Crippen molar-refractivity contribution in [2.45, 2.75) is 0 Å². The van der Waals surface area contributed by atoms with Crippen LogP contribution in [0.15, 0.2) is 58.1 Å². The van der Waals surface area contributed by atoms with Gasteiger partial charge in [-0.3, -0.25) is 10.1 Å². The lowest BCUT2D eigenvalue weighted by atomic mass is 10.2. The highest BCUT2D eigenvalue weighted by Crippen LogP contribution is 2.26. The van der Waals surface area contributed by atoms with Crippen LogP contribution in [0.5, 0.6) is 0 Å². The summed E-state index contributed by atoms with van der Waals surface area (Å²) in [6.45, 7) is 0. The maximum atomic E-state index is 10.7. The van der Waals surface area contributed by atoms with Gasteiger partial charge < -0.3 is 0 Å². The maximum absolute atomic E-state index is 10.7. The Morgan fingerprint density at radius 1 is 1.25 bits per heavy atom. The third-order valence-electron chi connectivity index (χ3n) is 3.19. The minimum atomic E-state index is -0.446. The molecular weight excluding hydrogens is 394 g/mol. The van der Waals surface area contributed by atoms with Crippen LogP contribution in [0.4, 0.5) is 5.69 Å². The van der Waals surface area contributed by atoms with Crippen LogP contribution in [-0.4, -0.2) is 26.0 Å². The molecule has 0 aliphatic rings. The average Bonchev–Trinajstić information content (AvgIpc) is 2.94. The molecule has 0 spiro atoms. The van der Waals surface area contributed by atoms with E-state index in [1.54, 1.807) is 18.3 Å². The van der Waals surface area contributed by atoms with E-state index in [1.165, 1.54) is 16.8 Å². The Hall–Kier alpha value is -2.65. The number of H-pyrrole nitrogens is 1. The summed E-state index contributed by atoms with van der Waals surface area (Å²) >= 11 is 8.69. The summed E-state index contributed by atoms with van der Waals surface area (Å²) in [7, 11) is 0. The van der Waals surface area contributed by atoms with Gasteiger partial charge in [-0.25, -0.2) is 5.10 Å². The van der Waals surface area contributed by atoms with E-state index in [0.717, 1.165) is 10.0 Å². The van der Waals surface area contributed by atoms with Gasteiger partial charge in [0.25, 0.3) is 5.69 Å². The highest BCUT2D eigenvalue weighted by atomic mass is 79.9. The van der Waals surface area contributed by atoms with Crippen molar-refractivity contribution in [3.8, 4) is 11.4 Å². The Bertz CT molecular complexity index is 978. The lowest BCUT2D eigenvalue weighted by molar-refractivity contribution is -0.384. The average molecular weight is 404 g/mol. The van der Waals surface area contributed by atoms with Gasteiger partial charge in [0.1, 0.15) is 0 Å². The van der Waals surface area contributed by atoms with Crippen molar-refractivity contribution < 1.29 is 4.92 Å². The Morgan fingerprint density at radius 3 is 2.62 bits per heavy atom. The summed E-state index contributed by atoms with van der Waals surface area (Å²) in [6, 6.07) is 13.7. The van der Waals surface area contributed by atoms with Gasteiger partial charge >= 0.3 is 0 Å². The van der Waals surface area contributed by atoms with E-state index < -0.39 is 4.92 Å². The van der Waals surface area contributed by atoms with Gasteiger partial charge in [0.2, 0.25) is 4.77 Å². The number of halogens is 1. The lowest BCUT2D eigenvalue weighted by Crippen LogP contribution is -1.96. The van der Waals surface area contributed by atoms with Crippen LogP contribution in [0.2, 0.25) is 0 Å². The van der Waals surface area contributed by atoms with E-state index in [9.17, 15) is 10.1 Å². The number of nitro benzene ring substituents is 1. The fourth-order valence-corrected chi connectivity index (χ4v) is 2.66. The molecule has 2 aromatic carbocycles. The molecule has 0 bridgehead atoms. The second-order valence-electron chi connectivity index (χ2n) is 4.74. The third-order valence-corrected chi connectivity index (χ3v) is 4.15. The largest absolute Gasteiger partial charge is 0.269 e. The van der Waals surface area contributed by atoms with Gasteiger partial charge in [-0.2, -0.15) is 14.9 Å². The molecule has 9 heteroatoms. The summed E-state index contributed by atoms with van der Waals surface area (Å²) in [4.78, 5) is 10.2. The van der Waals surface area contributed by atoms with Crippen molar-refractivity contribution in [1.82, 2.24) is 14.9 Å². The Kier molecular flexibility index (Phi) is 4.63. The van der Waals surface area contributed by atoms with Crippen LogP contribution in [0, 0.1) is 14.9 Å². The van der Waals surface area contributed by atoms with Crippen molar-refractivity contribution in [3.05, 3.63) is 73.5 Å². The van der Waals surface area contributed by atoms with Crippen LogP contribution < -0.4 is 0 Å². The molecule has 120 valence electrons. The van der Waals surface area contributed by atoms with Gasteiger partial charge in [-0.1, -0.05) is 28.1 Å². The summed E-state index contributed by atoms with van der Waals surface area (Å²) in [6.07, 6.45) is 1.56. The van der Waals surface area contributed by atoms with E-state index in [2.05, 4.69) is 31.2 Å². The number of nitrogens with one attached hydrogen (secondary N) is 1. The van der Waals surface area contributed by atoms with Crippen molar-refractivity contribution in [3.63, 3.8) is 0 Å². The van der Waals surface area contributed by atoms with E-state index in [-0.39, 0.29) is 5.69 Å². The minimum absolute atomic E-state index is 0.0287. The molecule has 1 aromatic heterocycles. The molecule has 7 nitrogen and oxygen atoms in total. The number of nitrogens with zero attached hydrogens (tertiary/aromatic N) is 4. The molecule has 0 amide bonds. The van der Waals surface area contributed by atoms with Crippen molar-refractivity contribution in [1.29, 1.82) is 0 Å². The fourth-order valence-electron chi connectivity index (χ4n) is 2.02. The minimum Gasteiger partial charge on any atom is -0.258 e. The van der Waals surface area contributed by atoms with Crippen LogP contribution in [-0.2, 0) is 0 Å². The molecule has 0 radical (unpaired) electrons. The molecule has 0 fully saturated rings. The predicted molar refractivity (Wildman–Crippen MR) is 96.6 cm³/mol. The molecule has 0 aliphatic heterocycles. The van der Waals surface area contributed by atoms with Crippen LogP contribution in [0.3, 0.4) is 0 Å². The first kappa shape index (κ1) is 16.2. The summed E-state index contributed by atoms with van der Waals surface area (Å²) in [5.74, 6) is 0.561. The second-order valence-corrected chi connectivity index (χ2v) is 5.98. The molecule has 3 aromatic rings. The fraction of sp³-hybridized carbons (Fsp3) is 0. The number of rotatable bonds is 4.